The molecule has 0 unspecified atom stereocenters. The molecule has 0 fully saturated rings. The molecule has 0 aliphatic carbocycles. The SMILES string of the molecule is Cc1cc(C(=O)Nc2ccc(Cl)cc2F)nc2[nH]c(=O)[nH]c(=O)c12. The van der Waals surface area contributed by atoms with Crippen molar-refractivity contribution >= 4 is 34.2 Å². The quantitative estimate of drug-likeness (QED) is 0.658. The number of benzene rings is 1. The number of H-pyrrole nitrogens is 2. The molecule has 2 aromatic heterocycles. The molecule has 9 heteroatoms. The number of hydrogen-bond donors (Lipinski definition) is 3. The molecule has 0 aliphatic heterocycles. The minimum absolute atomic E-state index is 0.0227. The number of rotatable bonds is 2. The topological polar surface area (TPSA) is 108 Å². The Morgan fingerprint density at radius 3 is 2.71 bits per heavy atom. The van der Waals surface area contributed by atoms with E-state index in [1.54, 1.807) is 6.92 Å². The van der Waals surface area contributed by atoms with Crippen LogP contribution in [0.5, 0.6) is 0 Å². The lowest BCUT2D eigenvalue weighted by Gasteiger charge is -2.08. The highest BCUT2D eigenvalue weighted by molar-refractivity contribution is 6.30. The number of aryl methyl sites for hydroxylation is 1. The van der Waals surface area contributed by atoms with Crippen molar-refractivity contribution in [3.63, 3.8) is 0 Å². The molecule has 3 rings (SSSR count). The molecule has 3 N–H and O–H groups in total. The lowest BCUT2D eigenvalue weighted by molar-refractivity contribution is 0.102. The van der Waals surface area contributed by atoms with Gasteiger partial charge in [0.2, 0.25) is 0 Å². The fraction of sp³-hybridized carbons (Fsp3) is 0.0667. The van der Waals surface area contributed by atoms with Gasteiger partial charge in [-0.2, -0.15) is 0 Å². The van der Waals surface area contributed by atoms with Crippen molar-refractivity contribution in [1.82, 2.24) is 15.0 Å². The van der Waals surface area contributed by atoms with E-state index in [1.165, 1.54) is 18.2 Å². The van der Waals surface area contributed by atoms with E-state index in [4.69, 9.17) is 11.6 Å². The number of pyridine rings is 1. The van der Waals surface area contributed by atoms with Gasteiger partial charge in [-0.05, 0) is 36.8 Å². The van der Waals surface area contributed by atoms with E-state index in [1.807, 2.05) is 0 Å². The molecule has 0 aliphatic rings. The van der Waals surface area contributed by atoms with Crippen molar-refractivity contribution in [3.05, 3.63) is 67.2 Å². The van der Waals surface area contributed by atoms with Crippen molar-refractivity contribution in [2.45, 2.75) is 6.92 Å². The summed E-state index contributed by atoms with van der Waals surface area (Å²) < 4.78 is 13.8. The Morgan fingerprint density at radius 1 is 1.25 bits per heavy atom. The van der Waals surface area contributed by atoms with Crippen LogP contribution in [0.25, 0.3) is 11.0 Å². The molecule has 0 radical (unpaired) electrons. The molecule has 24 heavy (non-hydrogen) atoms. The number of carbonyl (C=O) groups excluding carboxylic acids is 1. The zero-order valence-electron chi connectivity index (χ0n) is 12.2. The Balaban J connectivity index is 2.04. The smallest absolute Gasteiger partial charge is 0.318 e. The third kappa shape index (κ3) is 2.91. The number of fused-ring (bicyclic) bond motifs is 1. The Labute approximate surface area is 138 Å². The lowest BCUT2D eigenvalue weighted by atomic mass is 10.1. The van der Waals surface area contributed by atoms with Gasteiger partial charge >= 0.3 is 5.69 Å². The summed E-state index contributed by atoms with van der Waals surface area (Å²) in [6.45, 7) is 1.59. The number of anilines is 1. The van der Waals surface area contributed by atoms with Gasteiger partial charge in [0.25, 0.3) is 11.5 Å². The first-order valence-corrected chi connectivity index (χ1v) is 7.13. The predicted octanol–water partition coefficient (Wildman–Crippen LogP) is 1.96. The molecule has 1 amide bonds. The van der Waals surface area contributed by atoms with E-state index < -0.39 is 23.0 Å². The summed E-state index contributed by atoms with van der Waals surface area (Å²) in [4.78, 5) is 43.8. The zero-order chi connectivity index (χ0) is 17.4. The summed E-state index contributed by atoms with van der Waals surface area (Å²) in [6, 6.07) is 5.18. The number of carbonyl (C=O) groups is 1. The van der Waals surface area contributed by atoms with Gasteiger partial charge in [-0.25, -0.2) is 14.2 Å². The second-order valence-electron chi connectivity index (χ2n) is 5.03. The number of halogens is 2. The average molecular weight is 349 g/mol. The monoisotopic (exact) mass is 348 g/mol. The Hall–Kier alpha value is -3.00. The minimum atomic E-state index is -0.735. The molecule has 2 heterocycles. The van der Waals surface area contributed by atoms with Crippen LogP contribution in [-0.2, 0) is 0 Å². The van der Waals surface area contributed by atoms with Crippen molar-refractivity contribution < 1.29 is 9.18 Å². The minimum Gasteiger partial charge on any atom is -0.318 e. The molecule has 0 atom stereocenters. The molecule has 7 nitrogen and oxygen atoms in total. The third-order valence-electron chi connectivity index (χ3n) is 3.31. The highest BCUT2D eigenvalue weighted by Crippen LogP contribution is 2.20. The molecule has 122 valence electrons. The first-order valence-electron chi connectivity index (χ1n) is 6.75. The molecule has 0 saturated carbocycles. The van der Waals surface area contributed by atoms with Gasteiger partial charge in [0.05, 0.1) is 11.1 Å². The van der Waals surface area contributed by atoms with Gasteiger partial charge in [-0.15, -0.1) is 0 Å². The fourth-order valence-corrected chi connectivity index (χ4v) is 2.41. The van der Waals surface area contributed by atoms with Gasteiger partial charge in [-0.3, -0.25) is 19.6 Å². The van der Waals surface area contributed by atoms with Crippen LogP contribution in [0.4, 0.5) is 10.1 Å². The summed E-state index contributed by atoms with van der Waals surface area (Å²) in [5, 5.41) is 2.73. The van der Waals surface area contributed by atoms with Gasteiger partial charge in [0.1, 0.15) is 17.2 Å². The Bertz CT molecular complexity index is 1090. The molecule has 0 saturated heterocycles. The molecular formula is C15H10ClFN4O3. The predicted molar refractivity (Wildman–Crippen MR) is 87.1 cm³/mol. The normalized spacial score (nSPS) is 10.8. The number of hydrogen-bond acceptors (Lipinski definition) is 4. The summed E-state index contributed by atoms with van der Waals surface area (Å²) in [5.41, 5.74) is -1.06. The van der Waals surface area contributed by atoms with Crippen molar-refractivity contribution in [3.8, 4) is 0 Å². The summed E-state index contributed by atoms with van der Waals surface area (Å²) >= 11 is 5.65. The van der Waals surface area contributed by atoms with Crippen LogP contribution in [-0.4, -0.2) is 20.9 Å². The number of nitrogens with one attached hydrogen (secondary N) is 3. The van der Waals surface area contributed by atoms with Crippen LogP contribution in [0.15, 0.2) is 33.9 Å². The Kier molecular flexibility index (Phi) is 3.90. The van der Waals surface area contributed by atoms with Gasteiger partial charge < -0.3 is 5.32 Å². The van der Waals surface area contributed by atoms with Crippen molar-refractivity contribution in [1.29, 1.82) is 0 Å². The second-order valence-corrected chi connectivity index (χ2v) is 5.47. The fourth-order valence-electron chi connectivity index (χ4n) is 2.25. The van der Waals surface area contributed by atoms with Gasteiger partial charge in [0, 0.05) is 5.02 Å². The maximum absolute atomic E-state index is 13.8. The summed E-state index contributed by atoms with van der Waals surface area (Å²) in [5.74, 6) is -1.39. The van der Waals surface area contributed by atoms with E-state index >= 15 is 0 Å². The number of aromatic nitrogens is 3. The lowest BCUT2D eigenvalue weighted by Crippen LogP contribution is -2.24. The van der Waals surface area contributed by atoms with Crippen LogP contribution in [0.3, 0.4) is 0 Å². The first-order chi connectivity index (χ1) is 11.3. The van der Waals surface area contributed by atoms with E-state index in [2.05, 4.69) is 20.3 Å². The maximum Gasteiger partial charge on any atom is 0.327 e. The van der Waals surface area contributed by atoms with Crippen LogP contribution < -0.4 is 16.6 Å². The highest BCUT2D eigenvalue weighted by atomic mass is 35.5. The largest absolute Gasteiger partial charge is 0.327 e. The summed E-state index contributed by atoms with van der Waals surface area (Å²) in [6.07, 6.45) is 0. The Morgan fingerprint density at radius 2 is 2.00 bits per heavy atom. The molecule has 1 aromatic carbocycles. The van der Waals surface area contributed by atoms with E-state index in [-0.39, 0.29) is 27.4 Å². The van der Waals surface area contributed by atoms with Crippen LogP contribution in [0.1, 0.15) is 16.1 Å². The van der Waals surface area contributed by atoms with E-state index in [9.17, 15) is 18.8 Å². The number of amides is 1. The molecule has 0 spiro atoms. The molecule has 0 bridgehead atoms. The summed E-state index contributed by atoms with van der Waals surface area (Å²) in [7, 11) is 0. The van der Waals surface area contributed by atoms with E-state index in [0.717, 1.165) is 6.07 Å². The average Bonchev–Trinajstić information content (AvgIpc) is 2.48. The zero-order valence-corrected chi connectivity index (χ0v) is 13.0. The van der Waals surface area contributed by atoms with Crippen molar-refractivity contribution in [2.24, 2.45) is 0 Å². The number of nitrogens with zero attached hydrogens (tertiary/aromatic N) is 1. The third-order valence-corrected chi connectivity index (χ3v) is 3.55. The van der Waals surface area contributed by atoms with Crippen LogP contribution >= 0.6 is 11.6 Å². The van der Waals surface area contributed by atoms with Crippen molar-refractivity contribution in [2.75, 3.05) is 5.32 Å². The van der Waals surface area contributed by atoms with E-state index in [0.29, 0.717) is 5.56 Å². The molecular weight excluding hydrogens is 339 g/mol. The van der Waals surface area contributed by atoms with Gasteiger partial charge in [0.15, 0.2) is 0 Å². The maximum atomic E-state index is 13.8. The number of aromatic amines is 2. The second kappa shape index (κ2) is 5.89. The molecule has 3 aromatic rings. The standard InChI is InChI=1S/C15H10ClFN4O3/c1-6-4-10(18-12-11(6)14(23)21-15(24)20-12)13(22)19-9-3-2-7(16)5-8(9)17/h2-5H,1H3,(H,19,22)(H2,18,20,21,23,24). The van der Waals surface area contributed by atoms with Crippen LogP contribution in [0.2, 0.25) is 5.02 Å². The van der Waals surface area contributed by atoms with Gasteiger partial charge in [-0.1, -0.05) is 11.6 Å². The first kappa shape index (κ1) is 15.9. The van der Waals surface area contributed by atoms with Crippen LogP contribution in [0, 0.1) is 12.7 Å². The highest BCUT2D eigenvalue weighted by Gasteiger charge is 2.15.